The smallest absolute Gasteiger partial charge is 0.175 e. The lowest BCUT2D eigenvalue weighted by Gasteiger charge is -2.13. The summed E-state index contributed by atoms with van der Waals surface area (Å²) in [5.74, 6) is 0. The van der Waals surface area contributed by atoms with Crippen LogP contribution in [0, 0.1) is 13.8 Å². The first kappa shape index (κ1) is 24.9. The Kier molecular flexibility index (Phi) is 9.58. The highest BCUT2D eigenvalue weighted by Gasteiger charge is 2.02. The molecule has 4 N–H and O–H groups in total. The second-order valence-electron chi connectivity index (χ2n) is 7.52. The van der Waals surface area contributed by atoms with Gasteiger partial charge in [-0.25, -0.2) is 0 Å². The first-order valence-corrected chi connectivity index (χ1v) is 11.7. The van der Waals surface area contributed by atoms with Crippen molar-refractivity contribution in [2.24, 2.45) is 0 Å². The van der Waals surface area contributed by atoms with Crippen LogP contribution in [0.3, 0.4) is 0 Å². The highest BCUT2D eigenvalue weighted by Crippen LogP contribution is 2.16. The molecule has 0 heterocycles. The van der Waals surface area contributed by atoms with Crippen molar-refractivity contribution in [1.29, 1.82) is 0 Å². The van der Waals surface area contributed by atoms with Gasteiger partial charge in [-0.3, -0.25) is 0 Å². The van der Waals surface area contributed by atoms with Crippen LogP contribution in [-0.4, -0.2) is 10.2 Å². The van der Waals surface area contributed by atoms with E-state index >= 15 is 0 Å². The zero-order valence-corrected chi connectivity index (χ0v) is 20.8. The van der Waals surface area contributed by atoms with Gasteiger partial charge in [-0.1, -0.05) is 72.8 Å². The van der Waals surface area contributed by atoms with Gasteiger partial charge in [0.25, 0.3) is 0 Å². The molecule has 0 unspecified atom stereocenters. The third-order valence-electron chi connectivity index (χ3n) is 4.85. The number of benzene rings is 4. The number of aryl methyl sites for hydroxylation is 2. The maximum atomic E-state index is 5.32. The molecule has 0 aliphatic rings. The van der Waals surface area contributed by atoms with Gasteiger partial charge < -0.3 is 21.3 Å². The van der Waals surface area contributed by atoms with Crippen molar-refractivity contribution >= 4 is 57.4 Å². The number of rotatable bonds is 4. The lowest BCUT2D eigenvalue weighted by molar-refractivity contribution is 1.44. The van der Waals surface area contributed by atoms with Crippen molar-refractivity contribution in [3.63, 3.8) is 0 Å². The minimum atomic E-state index is 0.595. The molecule has 6 heteroatoms. The van der Waals surface area contributed by atoms with Crippen LogP contribution < -0.4 is 21.3 Å². The first-order chi connectivity index (χ1) is 16.5. The predicted octanol–water partition coefficient (Wildman–Crippen LogP) is 7.61. The van der Waals surface area contributed by atoms with Gasteiger partial charge in [0.05, 0.1) is 0 Å². The number of anilines is 4. The summed E-state index contributed by atoms with van der Waals surface area (Å²) >= 11 is 10.5. The van der Waals surface area contributed by atoms with E-state index in [1.165, 1.54) is 11.1 Å². The van der Waals surface area contributed by atoms with E-state index in [-0.39, 0.29) is 0 Å². The zero-order valence-electron chi connectivity index (χ0n) is 19.2. The average Bonchev–Trinajstić information content (AvgIpc) is 2.84. The Labute approximate surface area is 212 Å². The molecule has 4 aromatic carbocycles. The van der Waals surface area contributed by atoms with Crippen LogP contribution in [0.1, 0.15) is 11.1 Å². The van der Waals surface area contributed by atoms with Gasteiger partial charge >= 0.3 is 0 Å². The Bertz CT molecular complexity index is 1120. The van der Waals surface area contributed by atoms with E-state index in [4.69, 9.17) is 24.4 Å². The van der Waals surface area contributed by atoms with E-state index in [0.717, 1.165) is 22.7 Å². The lowest BCUT2D eigenvalue weighted by atomic mass is 10.2. The Balaban J connectivity index is 0.000000192. The summed E-state index contributed by atoms with van der Waals surface area (Å²) in [6, 6.07) is 35.8. The summed E-state index contributed by atoms with van der Waals surface area (Å²) in [6.07, 6.45) is 0. The number of nitrogens with one attached hydrogen (secondary N) is 4. The maximum Gasteiger partial charge on any atom is 0.175 e. The van der Waals surface area contributed by atoms with E-state index in [9.17, 15) is 0 Å². The monoisotopic (exact) mass is 484 g/mol. The average molecular weight is 485 g/mol. The number of thiocarbonyl (C=S) groups is 2. The van der Waals surface area contributed by atoms with Crippen molar-refractivity contribution in [2.75, 3.05) is 21.3 Å². The summed E-state index contributed by atoms with van der Waals surface area (Å²) in [6.45, 7) is 4.11. The normalized spacial score (nSPS) is 9.71. The van der Waals surface area contributed by atoms with Gasteiger partial charge in [0.15, 0.2) is 10.2 Å². The second kappa shape index (κ2) is 13.1. The van der Waals surface area contributed by atoms with Crippen LogP contribution in [0.4, 0.5) is 22.7 Å². The quantitative estimate of drug-likeness (QED) is 0.224. The second-order valence-corrected chi connectivity index (χ2v) is 8.34. The standard InChI is InChI=1S/C15H16N2S.C13H12N2S/c1-11-7-3-5-9-13(11)16-15(18)17-14-10-6-4-8-12(14)2;16-13(14-11-7-3-1-4-8-11)15-12-9-5-2-6-10-12/h3-10H,1-2H3,(H2,16,17,18);1-10H,(H2,14,15,16). The molecule has 0 spiro atoms. The molecule has 0 aliphatic carbocycles. The van der Waals surface area contributed by atoms with Crippen LogP contribution in [-0.2, 0) is 0 Å². The van der Waals surface area contributed by atoms with Crippen molar-refractivity contribution in [1.82, 2.24) is 0 Å². The third kappa shape index (κ3) is 8.31. The van der Waals surface area contributed by atoms with Crippen LogP contribution in [0.2, 0.25) is 0 Å². The van der Waals surface area contributed by atoms with Crippen molar-refractivity contribution in [2.45, 2.75) is 13.8 Å². The highest BCUT2D eigenvalue weighted by atomic mass is 32.1. The van der Waals surface area contributed by atoms with Gasteiger partial charge in [0.2, 0.25) is 0 Å². The number of hydrogen-bond donors (Lipinski definition) is 4. The minimum Gasteiger partial charge on any atom is -0.332 e. The molecule has 0 atom stereocenters. The van der Waals surface area contributed by atoms with E-state index in [1.54, 1.807) is 0 Å². The predicted molar refractivity (Wildman–Crippen MR) is 155 cm³/mol. The van der Waals surface area contributed by atoms with E-state index in [1.807, 2.05) is 97.1 Å². The molecule has 0 aliphatic heterocycles. The molecule has 0 radical (unpaired) electrons. The lowest BCUT2D eigenvalue weighted by Crippen LogP contribution is -2.20. The third-order valence-corrected chi connectivity index (χ3v) is 5.26. The molecule has 0 fully saturated rings. The Morgan fingerprint density at radius 2 is 0.765 bits per heavy atom. The first-order valence-electron chi connectivity index (χ1n) is 10.9. The molecule has 4 aromatic rings. The van der Waals surface area contributed by atoms with Crippen LogP contribution in [0.15, 0.2) is 109 Å². The van der Waals surface area contributed by atoms with Gasteiger partial charge in [-0.2, -0.15) is 0 Å². The fourth-order valence-corrected chi connectivity index (χ4v) is 3.49. The summed E-state index contributed by atoms with van der Waals surface area (Å²) in [7, 11) is 0. The molecule has 34 heavy (non-hydrogen) atoms. The minimum absolute atomic E-state index is 0.595. The molecule has 4 nitrogen and oxygen atoms in total. The van der Waals surface area contributed by atoms with E-state index < -0.39 is 0 Å². The molecule has 0 saturated heterocycles. The molecule has 172 valence electrons. The molecule has 0 saturated carbocycles. The van der Waals surface area contributed by atoms with Crippen molar-refractivity contribution in [3.05, 3.63) is 120 Å². The summed E-state index contributed by atoms with van der Waals surface area (Å²) in [4.78, 5) is 0. The molecule has 4 rings (SSSR count). The fraction of sp³-hybridized carbons (Fsp3) is 0.0714. The highest BCUT2D eigenvalue weighted by molar-refractivity contribution is 7.81. The van der Waals surface area contributed by atoms with Crippen LogP contribution >= 0.6 is 24.4 Å². The van der Waals surface area contributed by atoms with Crippen molar-refractivity contribution < 1.29 is 0 Å². The molecule has 0 bridgehead atoms. The largest absolute Gasteiger partial charge is 0.332 e. The topological polar surface area (TPSA) is 48.1 Å². The van der Waals surface area contributed by atoms with Gasteiger partial charge in [-0.15, -0.1) is 0 Å². The molecular formula is C28H28N4S2. The number of hydrogen-bond acceptors (Lipinski definition) is 2. The van der Waals surface area contributed by atoms with Gasteiger partial charge in [-0.05, 0) is 85.8 Å². The van der Waals surface area contributed by atoms with Gasteiger partial charge in [0.1, 0.15) is 0 Å². The van der Waals surface area contributed by atoms with Crippen LogP contribution in [0.5, 0.6) is 0 Å². The summed E-state index contributed by atoms with van der Waals surface area (Å²) < 4.78 is 0. The SMILES string of the molecule is Cc1ccccc1NC(=S)Nc1ccccc1C.S=C(Nc1ccccc1)Nc1ccccc1. The van der Waals surface area contributed by atoms with Crippen LogP contribution in [0.25, 0.3) is 0 Å². The van der Waals surface area contributed by atoms with Gasteiger partial charge in [0, 0.05) is 22.7 Å². The summed E-state index contributed by atoms with van der Waals surface area (Å²) in [5.41, 5.74) is 6.37. The Hall–Kier alpha value is -3.74. The molecular weight excluding hydrogens is 456 g/mol. The fourth-order valence-electron chi connectivity index (χ4n) is 3.04. The van der Waals surface area contributed by atoms with E-state index in [2.05, 4.69) is 47.2 Å². The Morgan fingerprint density at radius 3 is 1.15 bits per heavy atom. The zero-order chi connectivity index (χ0) is 24.2. The molecule has 0 aromatic heterocycles. The van der Waals surface area contributed by atoms with Crippen molar-refractivity contribution in [3.8, 4) is 0 Å². The van der Waals surface area contributed by atoms with E-state index in [0.29, 0.717) is 10.2 Å². The Morgan fingerprint density at radius 1 is 0.441 bits per heavy atom. The summed E-state index contributed by atoms with van der Waals surface area (Å²) in [5, 5.41) is 13.8. The number of para-hydroxylation sites is 4. The molecule has 0 amide bonds. The maximum absolute atomic E-state index is 5.32.